The van der Waals surface area contributed by atoms with E-state index in [0.717, 1.165) is 0 Å². The van der Waals surface area contributed by atoms with Gasteiger partial charge in [-0.25, -0.2) is 9.37 Å². The summed E-state index contributed by atoms with van der Waals surface area (Å²) in [5.41, 5.74) is 0.334. The van der Waals surface area contributed by atoms with Crippen molar-refractivity contribution in [3.63, 3.8) is 0 Å². The number of β-amino-alcohol motifs (C(OH)–C–C–N with tert-alkyl or cyclic N) is 1. The van der Waals surface area contributed by atoms with Crippen LogP contribution in [0.4, 0.5) is 14.5 Å². The van der Waals surface area contributed by atoms with Gasteiger partial charge < -0.3 is 35.7 Å². The Labute approximate surface area is 243 Å². The molecule has 4 rings (SSSR count). The number of carbonyl (C=O) groups is 3. The highest BCUT2D eigenvalue weighted by molar-refractivity contribution is 6.34. The van der Waals surface area contributed by atoms with Gasteiger partial charge in [-0.2, -0.15) is 9.65 Å². The molecule has 0 aliphatic carbocycles. The highest BCUT2D eigenvalue weighted by Gasteiger charge is 2.27. The van der Waals surface area contributed by atoms with E-state index in [1.807, 2.05) is 0 Å². The number of rotatable bonds is 10. The van der Waals surface area contributed by atoms with Crippen molar-refractivity contribution in [1.82, 2.24) is 25.5 Å². The molecule has 0 bridgehead atoms. The van der Waals surface area contributed by atoms with Crippen molar-refractivity contribution in [1.29, 1.82) is 5.26 Å². The van der Waals surface area contributed by atoms with E-state index >= 15 is 0 Å². The molecule has 220 valence electrons. The minimum Gasteiger partial charge on any atom is -0.476 e. The molecule has 42 heavy (non-hydrogen) atoms. The Morgan fingerprint density at radius 2 is 1.95 bits per heavy atom. The zero-order chi connectivity index (χ0) is 30.4. The lowest BCUT2D eigenvalue weighted by atomic mass is 10.1. The molecule has 15 heteroatoms. The fourth-order valence-corrected chi connectivity index (χ4v) is 4.55. The van der Waals surface area contributed by atoms with Crippen molar-refractivity contribution in [3.05, 3.63) is 64.6 Å². The number of anilines is 1. The largest absolute Gasteiger partial charge is 0.476 e. The maximum Gasteiger partial charge on any atom is 0.291 e. The standard InChI is InChI=1S/C27H26ClF2N7O5/c1-37-20(17-4-5-21(42-9-6-31)23(30)22(17)29)13-35-24(37)27(41)36-14-2-3-16(18(28)10-14)25(39)32-7-8-33-26(40)19-11-15(38)12-34-19/h2-5,10,13,15,19,34,38H,7-9,11-12H2,1H3,(H,32,39)(H,33,40)(H,36,41)/t15-,19-/m1/s1. The Balaban J connectivity index is 1.35. The van der Waals surface area contributed by atoms with Crippen molar-refractivity contribution < 1.29 is 33.0 Å². The molecule has 1 aliphatic heterocycles. The number of nitrogens with zero attached hydrogens (tertiary/aromatic N) is 3. The fourth-order valence-electron chi connectivity index (χ4n) is 4.28. The minimum absolute atomic E-state index is 0.0512. The third-order valence-electron chi connectivity index (χ3n) is 6.41. The third kappa shape index (κ3) is 6.82. The molecule has 0 spiro atoms. The Hall–Kier alpha value is -4.58. The molecule has 1 aromatic heterocycles. The number of aromatic nitrogens is 2. The van der Waals surface area contributed by atoms with E-state index in [1.54, 1.807) is 6.07 Å². The topological polar surface area (TPSA) is 170 Å². The summed E-state index contributed by atoms with van der Waals surface area (Å²) in [6.07, 6.45) is 0.970. The smallest absolute Gasteiger partial charge is 0.291 e. The van der Waals surface area contributed by atoms with Crippen LogP contribution in [0, 0.1) is 23.0 Å². The minimum atomic E-state index is -1.28. The molecule has 2 heterocycles. The van der Waals surface area contributed by atoms with Crippen LogP contribution < -0.4 is 26.0 Å². The average Bonchev–Trinajstić information content (AvgIpc) is 3.57. The first kappa shape index (κ1) is 30.4. The number of imidazole rings is 1. The van der Waals surface area contributed by atoms with Crippen LogP contribution >= 0.6 is 11.6 Å². The second-order valence-corrected chi connectivity index (χ2v) is 9.67. The number of aliphatic hydroxyl groups is 1. The molecule has 0 radical (unpaired) electrons. The molecule has 2 aromatic carbocycles. The number of aliphatic hydroxyl groups excluding tert-OH is 1. The lowest BCUT2D eigenvalue weighted by Gasteiger charge is -2.12. The lowest BCUT2D eigenvalue weighted by molar-refractivity contribution is -0.122. The van der Waals surface area contributed by atoms with Gasteiger partial charge in [-0.1, -0.05) is 11.6 Å². The number of ether oxygens (including phenoxy) is 1. The van der Waals surface area contributed by atoms with Crippen LogP contribution in [0.1, 0.15) is 27.4 Å². The van der Waals surface area contributed by atoms with Gasteiger partial charge in [0.15, 0.2) is 24.0 Å². The SMILES string of the molecule is Cn1c(-c2ccc(OCC#N)c(F)c2F)cnc1C(=O)Nc1ccc(C(=O)NCCNC(=O)[C@H]2C[C@@H](O)CN2)c(Cl)c1. The Bertz CT molecular complexity index is 1560. The van der Waals surface area contributed by atoms with E-state index in [0.29, 0.717) is 13.0 Å². The summed E-state index contributed by atoms with van der Waals surface area (Å²) in [6, 6.07) is 7.85. The maximum absolute atomic E-state index is 14.7. The molecule has 0 unspecified atom stereocenters. The number of hydrogen-bond donors (Lipinski definition) is 5. The summed E-state index contributed by atoms with van der Waals surface area (Å²) in [5, 5.41) is 28.9. The summed E-state index contributed by atoms with van der Waals surface area (Å²) in [6.45, 7) is 0.207. The molecule has 3 amide bonds. The molecule has 0 saturated carbocycles. The molecule has 2 atom stereocenters. The number of benzene rings is 2. The Morgan fingerprint density at radius 3 is 2.64 bits per heavy atom. The highest BCUT2D eigenvalue weighted by Crippen LogP contribution is 2.30. The van der Waals surface area contributed by atoms with Gasteiger partial charge in [0.1, 0.15) is 6.07 Å². The van der Waals surface area contributed by atoms with E-state index in [1.165, 1.54) is 48.1 Å². The first-order valence-electron chi connectivity index (χ1n) is 12.7. The van der Waals surface area contributed by atoms with Gasteiger partial charge in [-0.05, 0) is 36.8 Å². The van der Waals surface area contributed by atoms with Gasteiger partial charge in [0.25, 0.3) is 11.8 Å². The van der Waals surface area contributed by atoms with Crippen LogP contribution in [-0.2, 0) is 11.8 Å². The second-order valence-electron chi connectivity index (χ2n) is 9.26. The number of hydrogen-bond acceptors (Lipinski definition) is 8. The van der Waals surface area contributed by atoms with Crippen LogP contribution in [0.3, 0.4) is 0 Å². The first-order valence-corrected chi connectivity index (χ1v) is 13.1. The van der Waals surface area contributed by atoms with Crippen LogP contribution in [0.25, 0.3) is 11.3 Å². The lowest BCUT2D eigenvalue weighted by Crippen LogP contribution is -2.43. The molecule has 1 aliphatic rings. The van der Waals surface area contributed by atoms with Crippen LogP contribution in [0.2, 0.25) is 5.02 Å². The van der Waals surface area contributed by atoms with E-state index in [4.69, 9.17) is 21.6 Å². The molecule has 3 aromatic rings. The Kier molecular flexibility index (Phi) is 9.68. The monoisotopic (exact) mass is 601 g/mol. The molecule has 5 N–H and O–H groups in total. The van der Waals surface area contributed by atoms with Gasteiger partial charge >= 0.3 is 0 Å². The quantitative estimate of drug-likeness (QED) is 0.219. The summed E-state index contributed by atoms with van der Waals surface area (Å²) in [5.74, 6) is -4.47. The summed E-state index contributed by atoms with van der Waals surface area (Å²) in [7, 11) is 1.45. The fraction of sp³-hybridized carbons (Fsp3) is 0.296. The molecular weight excluding hydrogens is 576 g/mol. The van der Waals surface area contributed by atoms with Crippen molar-refractivity contribution in [3.8, 4) is 23.1 Å². The Morgan fingerprint density at radius 1 is 1.19 bits per heavy atom. The molecular formula is C27H26ClF2N7O5. The average molecular weight is 602 g/mol. The van der Waals surface area contributed by atoms with Crippen LogP contribution in [0.5, 0.6) is 5.75 Å². The number of nitriles is 1. The maximum atomic E-state index is 14.7. The van der Waals surface area contributed by atoms with Gasteiger partial charge in [0.05, 0.1) is 34.6 Å². The van der Waals surface area contributed by atoms with Gasteiger partial charge in [-0.15, -0.1) is 0 Å². The summed E-state index contributed by atoms with van der Waals surface area (Å²) >= 11 is 6.27. The van der Waals surface area contributed by atoms with Crippen molar-refractivity contribution in [2.24, 2.45) is 7.05 Å². The number of halogens is 3. The van der Waals surface area contributed by atoms with Crippen LogP contribution in [0.15, 0.2) is 36.5 Å². The van der Waals surface area contributed by atoms with E-state index in [2.05, 4.69) is 26.3 Å². The van der Waals surface area contributed by atoms with Gasteiger partial charge in [0.2, 0.25) is 11.7 Å². The molecule has 1 fully saturated rings. The van der Waals surface area contributed by atoms with Crippen LogP contribution in [-0.4, -0.2) is 70.8 Å². The summed E-state index contributed by atoms with van der Waals surface area (Å²) in [4.78, 5) is 41.5. The second kappa shape index (κ2) is 13.4. The molecule has 12 nitrogen and oxygen atoms in total. The highest BCUT2D eigenvalue weighted by atomic mass is 35.5. The van der Waals surface area contributed by atoms with E-state index in [-0.39, 0.29) is 52.4 Å². The van der Waals surface area contributed by atoms with Crippen molar-refractivity contribution in [2.75, 3.05) is 31.6 Å². The van der Waals surface area contributed by atoms with E-state index in [9.17, 15) is 28.3 Å². The number of nitrogens with one attached hydrogen (secondary N) is 4. The van der Waals surface area contributed by atoms with Gasteiger partial charge in [0, 0.05) is 37.9 Å². The van der Waals surface area contributed by atoms with E-state index < -0.39 is 48.0 Å². The zero-order valence-electron chi connectivity index (χ0n) is 22.2. The number of carbonyl (C=O) groups excluding carboxylic acids is 3. The predicted molar refractivity (Wildman–Crippen MR) is 147 cm³/mol. The third-order valence-corrected chi connectivity index (χ3v) is 6.72. The zero-order valence-corrected chi connectivity index (χ0v) is 23.0. The first-order chi connectivity index (χ1) is 20.1. The number of amides is 3. The molecule has 1 saturated heterocycles. The van der Waals surface area contributed by atoms with Crippen molar-refractivity contribution in [2.45, 2.75) is 18.6 Å². The predicted octanol–water partition coefficient (Wildman–Crippen LogP) is 1.74. The summed E-state index contributed by atoms with van der Waals surface area (Å²) < 4.78 is 35.2. The normalized spacial score (nSPS) is 16.0. The van der Waals surface area contributed by atoms with Gasteiger partial charge in [-0.3, -0.25) is 14.4 Å². The van der Waals surface area contributed by atoms with Crippen molar-refractivity contribution >= 4 is 35.0 Å².